The number of carboxylic acids is 2. The summed E-state index contributed by atoms with van der Waals surface area (Å²) in [6.45, 7) is 4.69. The minimum atomic E-state index is -1.62. The summed E-state index contributed by atoms with van der Waals surface area (Å²) in [5, 5.41) is 16.8. The molecule has 0 aliphatic carbocycles. The van der Waals surface area contributed by atoms with Crippen LogP contribution in [0, 0.1) is 5.41 Å². The molecule has 0 aliphatic heterocycles. The SMILES string of the molecule is CCC(C)(C(=O)O)C(=O)O.CCOC(=O)CC(=O)OC. The van der Waals surface area contributed by atoms with Gasteiger partial charge in [-0.15, -0.1) is 0 Å². The second-order valence-corrected chi connectivity index (χ2v) is 3.85. The van der Waals surface area contributed by atoms with E-state index in [1.165, 1.54) is 21.0 Å². The van der Waals surface area contributed by atoms with Crippen LogP contribution in [-0.2, 0) is 28.7 Å². The van der Waals surface area contributed by atoms with Gasteiger partial charge in [0.1, 0.15) is 6.42 Å². The van der Waals surface area contributed by atoms with Crippen molar-refractivity contribution in [1.29, 1.82) is 0 Å². The molecule has 0 saturated carbocycles. The lowest BCUT2D eigenvalue weighted by molar-refractivity contribution is -0.163. The van der Waals surface area contributed by atoms with Gasteiger partial charge in [-0.2, -0.15) is 0 Å². The number of methoxy groups -OCH3 is 1. The average Bonchev–Trinajstić information content (AvgIpc) is 2.37. The van der Waals surface area contributed by atoms with Crippen LogP contribution in [0.25, 0.3) is 0 Å². The van der Waals surface area contributed by atoms with Gasteiger partial charge in [-0.25, -0.2) is 0 Å². The van der Waals surface area contributed by atoms with Crippen LogP contribution in [0.2, 0.25) is 0 Å². The predicted octanol–water partition coefficient (Wildman–Crippen LogP) is 0.684. The fourth-order valence-corrected chi connectivity index (χ4v) is 0.796. The highest BCUT2D eigenvalue weighted by Gasteiger charge is 2.39. The molecule has 2 N–H and O–H groups in total. The Hall–Kier alpha value is -2.12. The van der Waals surface area contributed by atoms with E-state index in [2.05, 4.69) is 9.47 Å². The Kier molecular flexibility index (Phi) is 9.86. The first-order valence-electron chi connectivity index (χ1n) is 5.84. The molecule has 0 rings (SSSR count). The topological polar surface area (TPSA) is 127 Å². The van der Waals surface area contributed by atoms with E-state index in [0.29, 0.717) is 0 Å². The molecule has 8 heteroatoms. The van der Waals surface area contributed by atoms with Gasteiger partial charge in [-0.1, -0.05) is 6.92 Å². The van der Waals surface area contributed by atoms with Gasteiger partial charge in [0.05, 0.1) is 13.7 Å². The maximum atomic E-state index is 10.5. The van der Waals surface area contributed by atoms with Crippen molar-refractivity contribution in [3.05, 3.63) is 0 Å². The Labute approximate surface area is 116 Å². The van der Waals surface area contributed by atoms with Gasteiger partial charge >= 0.3 is 23.9 Å². The summed E-state index contributed by atoms with van der Waals surface area (Å²) in [5.41, 5.74) is -1.62. The van der Waals surface area contributed by atoms with Crippen molar-refractivity contribution >= 4 is 23.9 Å². The number of aliphatic carboxylic acids is 2. The van der Waals surface area contributed by atoms with E-state index in [-0.39, 0.29) is 19.4 Å². The van der Waals surface area contributed by atoms with E-state index in [1.54, 1.807) is 6.92 Å². The monoisotopic (exact) mass is 292 g/mol. The molecule has 20 heavy (non-hydrogen) atoms. The van der Waals surface area contributed by atoms with Gasteiger partial charge in [0, 0.05) is 0 Å². The summed E-state index contributed by atoms with van der Waals surface area (Å²) in [4.78, 5) is 41.5. The summed E-state index contributed by atoms with van der Waals surface area (Å²) >= 11 is 0. The van der Waals surface area contributed by atoms with Gasteiger partial charge in [0.2, 0.25) is 0 Å². The van der Waals surface area contributed by atoms with Gasteiger partial charge in [-0.05, 0) is 20.3 Å². The second kappa shape index (κ2) is 9.76. The van der Waals surface area contributed by atoms with Crippen molar-refractivity contribution in [2.45, 2.75) is 33.6 Å². The van der Waals surface area contributed by atoms with E-state index >= 15 is 0 Å². The van der Waals surface area contributed by atoms with Crippen molar-refractivity contribution in [2.75, 3.05) is 13.7 Å². The summed E-state index contributed by atoms with van der Waals surface area (Å²) in [6, 6.07) is 0. The number of esters is 2. The number of hydrogen-bond donors (Lipinski definition) is 2. The number of carbonyl (C=O) groups is 4. The Balaban J connectivity index is 0. The largest absolute Gasteiger partial charge is 0.480 e. The molecular weight excluding hydrogens is 272 g/mol. The fourth-order valence-electron chi connectivity index (χ4n) is 0.796. The highest BCUT2D eigenvalue weighted by molar-refractivity contribution is 5.97. The van der Waals surface area contributed by atoms with Gasteiger partial charge in [0.15, 0.2) is 5.41 Å². The van der Waals surface area contributed by atoms with Crippen molar-refractivity contribution in [3.8, 4) is 0 Å². The number of carboxylic acid groups (broad SMARTS) is 2. The zero-order valence-electron chi connectivity index (χ0n) is 12.0. The minimum Gasteiger partial charge on any atom is -0.480 e. The minimum absolute atomic E-state index is 0.0949. The molecule has 0 saturated heterocycles. The molecule has 0 bridgehead atoms. The molecule has 0 amide bonds. The molecule has 0 fully saturated rings. The van der Waals surface area contributed by atoms with Crippen LogP contribution in [0.1, 0.15) is 33.6 Å². The van der Waals surface area contributed by atoms with Crippen LogP contribution in [0.4, 0.5) is 0 Å². The average molecular weight is 292 g/mol. The molecule has 116 valence electrons. The third-order valence-electron chi connectivity index (χ3n) is 2.47. The van der Waals surface area contributed by atoms with Gasteiger partial charge in [0.25, 0.3) is 0 Å². The second-order valence-electron chi connectivity index (χ2n) is 3.85. The summed E-state index contributed by atoms with van der Waals surface area (Å²) in [6.07, 6.45) is -0.206. The lowest BCUT2D eigenvalue weighted by Gasteiger charge is -2.15. The predicted molar refractivity (Wildman–Crippen MR) is 66.9 cm³/mol. The highest BCUT2D eigenvalue weighted by Crippen LogP contribution is 2.20. The lowest BCUT2D eigenvalue weighted by atomic mass is 9.88. The van der Waals surface area contributed by atoms with Crippen LogP contribution in [0.3, 0.4) is 0 Å². The molecule has 0 heterocycles. The summed E-state index contributed by atoms with van der Waals surface area (Å²) in [5.74, 6) is -3.70. The molecule has 0 aliphatic rings. The summed E-state index contributed by atoms with van der Waals surface area (Å²) in [7, 11) is 1.22. The molecule has 0 atom stereocenters. The summed E-state index contributed by atoms with van der Waals surface area (Å²) < 4.78 is 8.70. The van der Waals surface area contributed by atoms with Crippen molar-refractivity contribution < 1.29 is 38.9 Å². The van der Waals surface area contributed by atoms with E-state index in [0.717, 1.165) is 0 Å². The molecule has 0 aromatic carbocycles. The van der Waals surface area contributed by atoms with E-state index in [1.807, 2.05) is 0 Å². The van der Waals surface area contributed by atoms with Crippen LogP contribution in [0.5, 0.6) is 0 Å². The quantitative estimate of drug-likeness (QED) is 0.540. The Bertz CT molecular complexity index is 346. The Morgan fingerprint density at radius 3 is 1.65 bits per heavy atom. The Morgan fingerprint density at radius 2 is 1.45 bits per heavy atom. The molecule has 0 aromatic rings. The maximum absolute atomic E-state index is 10.5. The van der Waals surface area contributed by atoms with Gasteiger partial charge in [-0.3, -0.25) is 19.2 Å². The number of carbonyl (C=O) groups excluding carboxylic acids is 2. The van der Waals surface area contributed by atoms with Crippen molar-refractivity contribution in [2.24, 2.45) is 5.41 Å². The standard InChI is InChI=1S/2C6H10O4/c1-3-6(2,4(7)8)5(9)10;1-3-10-6(8)4-5(7)9-2/h3H2,1-2H3,(H,7,8)(H,9,10);3-4H2,1-2H3. The van der Waals surface area contributed by atoms with Crippen LogP contribution < -0.4 is 0 Å². The normalized spacial score (nSPS) is 9.80. The number of hydrogen-bond acceptors (Lipinski definition) is 6. The zero-order chi connectivity index (χ0) is 16.3. The van der Waals surface area contributed by atoms with Crippen LogP contribution in [0.15, 0.2) is 0 Å². The lowest BCUT2D eigenvalue weighted by Crippen LogP contribution is -2.35. The van der Waals surface area contributed by atoms with E-state index in [9.17, 15) is 19.2 Å². The van der Waals surface area contributed by atoms with Crippen molar-refractivity contribution in [1.82, 2.24) is 0 Å². The number of rotatable bonds is 6. The molecule has 0 aromatic heterocycles. The van der Waals surface area contributed by atoms with E-state index < -0.39 is 29.3 Å². The molecular formula is C12H20O8. The van der Waals surface area contributed by atoms with E-state index in [4.69, 9.17) is 10.2 Å². The van der Waals surface area contributed by atoms with Gasteiger partial charge < -0.3 is 19.7 Å². The Morgan fingerprint density at radius 1 is 1.00 bits per heavy atom. The highest BCUT2D eigenvalue weighted by atomic mass is 16.5. The molecule has 0 unspecified atom stereocenters. The molecule has 0 spiro atoms. The van der Waals surface area contributed by atoms with Crippen LogP contribution >= 0.6 is 0 Å². The molecule has 0 radical (unpaired) electrons. The molecule has 8 nitrogen and oxygen atoms in total. The zero-order valence-corrected chi connectivity index (χ0v) is 12.0. The van der Waals surface area contributed by atoms with Crippen LogP contribution in [-0.4, -0.2) is 47.8 Å². The number of ether oxygens (including phenoxy) is 2. The maximum Gasteiger partial charge on any atom is 0.320 e. The first kappa shape index (κ1) is 20.2. The third kappa shape index (κ3) is 7.34. The third-order valence-corrected chi connectivity index (χ3v) is 2.47. The smallest absolute Gasteiger partial charge is 0.320 e. The fraction of sp³-hybridized carbons (Fsp3) is 0.667. The first-order valence-corrected chi connectivity index (χ1v) is 5.84. The van der Waals surface area contributed by atoms with Crippen molar-refractivity contribution in [3.63, 3.8) is 0 Å². The first-order chi connectivity index (χ1) is 9.15.